The van der Waals surface area contributed by atoms with Crippen LogP contribution < -0.4 is 15.5 Å². The molecule has 0 saturated carbocycles. The molecule has 1 aliphatic rings. The zero-order valence-electron chi connectivity index (χ0n) is 17.6. The summed E-state index contributed by atoms with van der Waals surface area (Å²) in [6, 6.07) is 7.80. The van der Waals surface area contributed by atoms with Gasteiger partial charge >= 0.3 is 0 Å². The zero-order valence-corrected chi connectivity index (χ0v) is 17.6. The Balaban J connectivity index is 2.05. The molecule has 0 bridgehead atoms. The van der Waals surface area contributed by atoms with Crippen molar-refractivity contribution in [1.82, 2.24) is 10.3 Å². The van der Waals surface area contributed by atoms with Crippen molar-refractivity contribution in [2.45, 2.75) is 39.8 Å². The van der Waals surface area contributed by atoms with E-state index in [1.165, 1.54) is 13.0 Å². The van der Waals surface area contributed by atoms with Gasteiger partial charge in [0.15, 0.2) is 0 Å². The summed E-state index contributed by atoms with van der Waals surface area (Å²) in [7, 11) is 0. The van der Waals surface area contributed by atoms with Crippen molar-refractivity contribution < 1.29 is 19.1 Å². The number of nitrogens with one attached hydrogen (secondary N) is 2. The highest BCUT2D eigenvalue weighted by Crippen LogP contribution is 2.42. The normalized spacial score (nSPS) is 20.5. The third-order valence-electron chi connectivity index (χ3n) is 5.64. The van der Waals surface area contributed by atoms with E-state index in [-0.39, 0.29) is 48.8 Å². The number of aromatic nitrogens is 1. The van der Waals surface area contributed by atoms with E-state index in [9.17, 15) is 14.0 Å². The highest BCUT2D eigenvalue weighted by Gasteiger charge is 2.38. The molecule has 3 unspecified atom stereocenters. The Morgan fingerprint density at radius 1 is 1.23 bits per heavy atom. The molecule has 0 spiro atoms. The first-order valence-corrected chi connectivity index (χ1v) is 9.97. The number of amides is 2. The van der Waals surface area contributed by atoms with E-state index in [2.05, 4.69) is 15.6 Å². The van der Waals surface area contributed by atoms with Crippen LogP contribution >= 0.6 is 0 Å². The number of carbonyl (C=O) groups excluding carboxylic acids is 2. The molecule has 0 aliphatic carbocycles. The molecule has 8 heteroatoms. The molecule has 2 aromatic rings. The monoisotopic (exact) mass is 414 g/mol. The zero-order chi connectivity index (χ0) is 22.0. The summed E-state index contributed by atoms with van der Waals surface area (Å²) in [6.07, 6.45) is 0. The number of carbonyl (C=O) groups is 2. The first kappa shape index (κ1) is 21.7. The van der Waals surface area contributed by atoms with Crippen molar-refractivity contribution in [3.05, 3.63) is 53.0 Å². The van der Waals surface area contributed by atoms with Crippen LogP contribution in [0.5, 0.6) is 0 Å². The number of aliphatic hydroxyl groups excluding tert-OH is 1. The molecule has 2 heterocycles. The van der Waals surface area contributed by atoms with Gasteiger partial charge in [-0.1, -0.05) is 6.92 Å². The van der Waals surface area contributed by atoms with Gasteiger partial charge in [-0.3, -0.25) is 9.59 Å². The first-order chi connectivity index (χ1) is 14.2. The van der Waals surface area contributed by atoms with Crippen LogP contribution in [0, 0.1) is 18.7 Å². The molecule has 1 aromatic heterocycles. The maximum atomic E-state index is 13.6. The number of aliphatic hydroxyl groups is 1. The van der Waals surface area contributed by atoms with Gasteiger partial charge in [0.1, 0.15) is 11.6 Å². The fourth-order valence-corrected chi connectivity index (χ4v) is 3.90. The number of rotatable bonds is 5. The van der Waals surface area contributed by atoms with Gasteiger partial charge in [0.25, 0.3) is 5.91 Å². The van der Waals surface area contributed by atoms with Gasteiger partial charge in [-0.25, -0.2) is 9.37 Å². The SMILES string of the molecule is CC(=O)N1c2ccc(C(=O)NCCO)cc2C(Nc2ccc(F)c(C)n2)C(C)C1C. The number of nitrogens with zero attached hydrogens (tertiary/aromatic N) is 2. The minimum Gasteiger partial charge on any atom is -0.395 e. The van der Waals surface area contributed by atoms with Crippen LogP contribution in [0.3, 0.4) is 0 Å². The minimum atomic E-state index is -0.378. The van der Waals surface area contributed by atoms with E-state index in [0.29, 0.717) is 17.1 Å². The van der Waals surface area contributed by atoms with E-state index >= 15 is 0 Å². The fraction of sp³-hybridized carbons (Fsp3) is 0.409. The number of anilines is 2. The summed E-state index contributed by atoms with van der Waals surface area (Å²) >= 11 is 0. The summed E-state index contributed by atoms with van der Waals surface area (Å²) in [6.45, 7) is 7.13. The van der Waals surface area contributed by atoms with Crippen LogP contribution in [0.4, 0.5) is 15.9 Å². The van der Waals surface area contributed by atoms with Crippen LogP contribution in [0.15, 0.2) is 30.3 Å². The van der Waals surface area contributed by atoms with Crippen molar-refractivity contribution in [2.75, 3.05) is 23.4 Å². The molecule has 0 radical (unpaired) electrons. The third-order valence-corrected chi connectivity index (χ3v) is 5.64. The Bertz CT molecular complexity index is 965. The summed E-state index contributed by atoms with van der Waals surface area (Å²) in [5, 5.41) is 15.0. The maximum Gasteiger partial charge on any atom is 0.251 e. The predicted octanol–water partition coefficient (Wildman–Crippen LogP) is 2.80. The van der Waals surface area contributed by atoms with E-state index in [0.717, 1.165) is 11.3 Å². The number of hydrogen-bond donors (Lipinski definition) is 3. The van der Waals surface area contributed by atoms with Crippen LogP contribution in [0.1, 0.15) is 48.4 Å². The fourth-order valence-electron chi connectivity index (χ4n) is 3.90. The largest absolute Gasteiger partial charge is 0.395 e. The Labute approximate surface area is 175 Å². The van der Waals surface area contributed by atoms with Gasteiger partial charge < -0.3 is 20.6 Å². The van der Waals surface area contributed by atoms with Crippen molar-refractivity contribution in [3.63, 3.8) is 0 Å². The molecule has 2 amide bonds. The summed E-state index contributed by atoms with van der Waals surface area (Å²) in [5.74, 6) is -0.250. The molecule has 7 nitrogen and oxygen atoms in total. The number of halogens is 1. The summed E-state index contributed by atoms with van der Waals surface area (Å²) in [4.78, 5) is 30.8. The van der Waals surface area contributed by atoms with Gasteiger partial charge in [0.05, 0.1) is 18.3 Å². The van der Waals surface area contributed by atoms with Crippen molar-refractivity contribution >= 4 is 23.3 Å². The Kier molecular flexibility index (Phi) is 6.36. The van der Waals surface area contributed by atoms with Crippen molar-refractivity contribution in [2.24, 2.45) is 5.92 Å². The Morgan fingerprint density at radius 2 is 1.97 bits per heavy atom. The molecule has 0 fully saturated rings. The lowest BCUT2D eigenvalue weighted by atomic mass is 9.82. The standard InChI is InChI=1S/C22H27FN4O3/c1-12-14(3)27(15(4)29)19-7-5-16(22(30)24-9-10-28)11-17(19)21(12)26-20-8-6-18(23)13(2)25-20/h5-8,11-12,14,21,28H,9-10H2,1-4H3,(H,24,30)(H,25,26). The van der Waals surface area contributed by atoms with Gasteiger partial charge in [0, 0.05) is 36.7 Å². The van der Waals surface area contributed by atoms with E-state index in [1.807, 2.05) is 13.8 Å². The van der Waals surface area contributed by atoms with Gasteiger partial charge in [-0.2, -0.15) is 0 Å². The molecule has 30 heavy (non-hydrogen) atoms. The Morgan fingerprint density at radius 3 is 2.60 bits per heavy atom. The van der Waals surface area contributed by atoms with Crippen LogP contribution in [0.2, 0.25) is 0 Å². The lowest BCUT2D eigenvalue weighted by Crippen LogP contribution is -2.48. The third kappa shape index (κ3) is 4.14. The van der Waals surface area contributed by atoms with Crippen molar-refractivity contribution in [3.8, 4) is 0 Å². The molecular weight excluding hydrogens is 387 g/mol. The summed E-state index contributed by atoms with van der Waals surface area (Å²) < 4.78 is 13.6. The van der Waals surface area contributed by atoms with Gasteiger partial charge in [0.2, 0.25) is 5.91 Å². The molecule has 0 saturated heterocycles. The highest BCUT2D eigenvalue weighted by molar-refractivity contribution is 5.98. The molecule has 3 rings (SSSR count). The maximum absolute atomic E-state index is 13.6. The second-order valence-corrected chi connectivity index (χ2v) is 7.63. The second-order valence-electron chi connectivity index (χ2n) is 7.63. The molecule has 1 aliphatic heterocycles. The lowest BCUT2D eigenvalue weighted by molar-refractivity contribution is -0.117. The van der Waals surface area contributed by atoms with Gasteiger partial charge in [-0.15, -0.1) is 0 Å². The van der Waals surface area contributed by atoms with Crippen molar-refractivity contribution in [1.29, 1.82) is 0 Å². The molecule has 160 valence electrons. The minimum absolute atomic E-state index is 0.00990. The highest BCUT2D eigenvalue weighted by atomic mass is 19.1. The number of fused-ring (bicyclic) bond motifs is 1. The number of benzene rings is 1. The molecular formula is C22H27FN4O3. The van der Waals surface area contributed by atoms with E-state index in [4.69, 9.17) is 5.11 Å². The number of pyridine rings is 1. The van der Waals surface area contributed by atoms with E-state index in [1.54, 1.807) is 36.1 Å². The molecule has 1 aromatic carbocycles. The Hall–Kier alpha value is -3.00. The molecule has 3 atom stereocenters. The second kappa shape index (κ2) is 8.79. The topological polar surface area (TPSA) is 94.6 Å². The van der Waals surface area contributed by atoms with Crippen LogP contribution in [-0.2, 0) is 4.79 Å². The predicted molar refractivity (Wildman–Crippen MR) is 113 cm³/mol. The van der Waals surface area contributed by atoms with Crippen LogP contribution in [-0.4, -0.2) is 41.1 Å². The van der Waals surface area contributed by atoms with Crippen LogP contribution in [0.25, 0.3) is 0 Å². The summed E-state index contributed by atoms with van der Waals surface area (Å²) in [5.41, 5.74) is 2.24. The lowest BCUT2D eigenvalue weighted by Gasteiger charge is -2.44. The van der Waals surface area contributed by atoms with Gasteiger partial charge in [-0.05, 0) is 49.7 Å². The number of aryl methyl sites for hydroxylation is 1. The smallest absolute Gasteiger partial charge is 0.251 e. The van der Waals surface area contributed by atoms with E-state index < -0.39 is 0 Å². The first-order valence-electron chi connectivity index (χ1n) is 9.97. The molecule has 3 N–H and O–H groups in total. The quantitative estimate of drug-likeness (QED) is 0.699. The number of hydrogen-bond acceptors (Lipinski definition) is 5. The average Bonchev–Trinajstić information content (AvgIpc) is 2.71. The average molecular weight is 414 g/mol.